The van der Waals surface area contributed by atoms with Crippen LogP contribution in [0.1, 0.15) is 29.4 Å². The van der Waals surface area contributed by atoms with Crippen LogP contribution in [0, 0.1) is 0 Å². The van der Waals surface area contributed by atoms with E-state index in [1.165, 1.54) is 17.1 Å². The molecule has 118 valence electrons. The molecule has 3 rings (SSSR count). The highest BCUT2D eigenvalue weighted by Crippen LogP contribution is 2.34. The quantitative estimate of drug-likeness (QED) is 0.574. The van der Waals surface area contributed by atoms with Crippen LogP contribution in [0.15, 0.2) is 12.5 Å². The lowest BCUT2D eigenvalue weighted by Crippen LogP contribution is -2.19. The normalized spacial score (nSPS) is 24.9. The number of carbonyl (C=O) groups is 1. The Kier molecular flexibility index (Phi) is 3.69. The number of fused-ring (bicyclic) bond motifs is 1. The number of aliphatic hydroxyl groups is 2. The zero-order valence-electron chi connectivity index (χ0n) is 11.7. The number of hydrogen-bond acceptors (Lipinski definition) is 7. The van der Waals surface area contributed by atoms with Crippen LogP contribution < -0.4 is 11.5 Å². The maximum Gasteiger partial charge on any atom is 0.251 e. The van der Waals surface area contributed by atoms with E-state index in [0.29, 0.717) is 23.9 Å². The van der Waals surface area contributed by atoms with Gasteiger partial charge in [-0.2, -0.15) is 0 Å². The highest BCUT2D eigenvalue weighted by Gasteiger charge is 2.36. The minimum atomic E-state index is -0.788. The first-order valence-corrected chi connectivity index (χ1v) is 6.88. The summed E-state index contributed by atoms with van der Waals surface area (Å²) in [6.07, 6.45) is 1.77. The lowest BCUT2D eigenvalue weighted by Gasteiger charge is -2.17. The number of nitrogen functional groups attached to an aromatic ring is 1. The Morgan fingerprint density at radius 3 is 2.95 bits per heavy atom. The van der Waals surface area contributed by atoms with Crippen molar-refractivity contribution in [3.05, 3.63) is 18.1 Å². The van der Waals surface area contributed by atoms with Crippen molar-refractivity contribution in [1.82, 2.24) is 14.5 Å². The molecular formula is C13H17N5O4. The fourth-order valence-electron chi connectivity index (χ4n) is 2.80. The van der Waals surface area contributed by atoms with Gasteiger partial charge in [0.05, 0.1) is 17.1 Å². The maximum atomic E-state index is 11.6. The van der Waals surface area contributed by atoms with Gasteiger partial charge in [0.2, 0.25) is 0 Å². The first kappa shape index (κ1) is 14.7. The molecule has 2 aromatic rings. The minimum absolute atomic E-state index is 0.0296. The molecule has 1 saturated heterocycles. The first-order chi connectivity index (χ1) is 10.5. The van der Waals surface area contributed by atoms with Gasteiger partial charge in [0.25, 0.3) is 5.91 Å². The number of nitrogens with zero attached hydrogens (tertiary/aromatic N) is 3. The van der Waals surface area contributed by atoms with Crippen molar-refractivity contribution in [2.24, 2.45) is 5.73 Å². The third-order valence-corrected chi connectivity index (χ3v) is 3.79. The summed E-state index contributed by atoms with van der Waals surface area (Å²) in [5.74, 6) is -0.526. The Balaban J connectivity index is 2.08. The van der Waals surface area contributed by atoms with Gasteiger partial charge in [-0.3, -0.25) is 4.79 Å². The molecule has 0 aromatic carbocycles. The molecule has 22 heavy (non-hydrogen) atoms. The van der Waals surface area contributed by atoms with Gasteiger partial charge in [-0.1, -0.05) is 0 Å². The van der Waals surface area contributed by atoms with Gasteiger partial charge in [0, 0.05) is 19.2 Å². The van der Waals surface area contributed by atoms with Crippen LogP contribution in [-0.4, -0.2) is 49.5 Å². The molecule has 1 aliphatic heterocycles. The summed E-state index contributed by atoms with van der Waals surface area (Å²) in [7, 11) is 0. The second-order valence-corrected chi connectivity index (χ2v) is 5.24. The van der Waals surface area contributed by atoms with Gasteiger partial charge < -0.3 is 31.0 Å². The molecule has 3 atom stereocenters. The lowest BCUT2D eigenvalue weighted by molar-refractivity contribution is -0.0397. The smallest absolute Gasteiger partial charge is 0.251 e. The molecule has 2 aromatic heterocycles. The van der Waals surface area contributed by atoms with Gasteiger partial charge in [-0.05, 0) is 6.42 Å². The molecule has 0 aliphatic carbocycles. The molecule has 0 radical (unpaired) electrons. The van der Waals surface area contributed by atoms with Crippen molar-refractivity contribution in [2.45, 2.75) is 31.3 Å². The summed E-state index contributed by atoms with van der Waals surface area (Å²) < 4.78 is 7.28. The van der Waals surface area contributed by atoms with Gasteiger partial charge in [0.15, 0.2) is 6.23 Å². The zero-order valence-corrected chi connectivity index (χ0v) is 11.7. The number of rotatable bonds is 4. The van der Waals surface area contributed by atoms with E-state index in [1.54, 1.807) is 0 Å². The number of aliphatic hydroxyl groups excluding tert-OH is 2. The van der Waals surface area contributed by atoms with Crippen LogP contribution in [-0.2, 0) is 4.74 Å². The summed E-state index contributed by atoms with van der Waals surface area (Å²) in [6, 6.07) is 0. The van der Waals surface area contributed by atoms with Crippen molar-refractivity contribution < 1.29 is 19.7 Å². The molecule has 0 bridgehead atoms. The predicted octanol–water partition coefficient (Wildman–Crippen LogP) is -0.857. The topological polar surface area (TPSA) is 150 Å². The van der Waals surface area contributed by atoms with Crippen LogP contribution in [0.25, 0.3) is 11.0 Å². The van der Waals surface area contributed by atoms with E-state index < -0.39 is 18.2 Å². The van der Waals surface area contributed by atoms with E-state index in [4.69, 9.17) is 21.3 Å². The Hall–Kier alpha value is -2.23. The predicted molar refractivity (Wildman–Crippen MR) is 76.7 cm³/mol. The van der Waals surface area contributed by atoms with Crippen molar-refractivity contribution in [2.75, 3.05) is 12.3 Å². The van der Waals surface area contributed by atoms with Gasteiger partial charge >= 0.3 is 0 Å². The Morgan fingerprint density at radius 1 is 1.50 bits per heavy atom. The summed E-state index contributed by atoms with van der Waals surface area (Å²) in [5.41, 5.74) is 11.7. The highest BCUT2D eigenvalue weighted by molar-refractivity contribution is 6.08. The number of aromatic nitrogens is 3. The average molecular weight is 307 g/mol. The van der Waals surface area contributed by atoms with E-state index in [-0.39, 0.29) is 24.1 Å². The van der Waals surface area contributed by atoms with Gasteiger partial charge in [0.1, 0.15) is 23.9 Å². The van der Waals surface area contributed by atoms with E-state index in [2.05, 4.69) is 9.97 Å². The average Bonchev–Trinajstić information content (AvgIpc) is 3.01. The Bertz CT molecular complexity index is 716. The molecular weight excluding hydrogens is 290 g/mol. The molecule has 0 spiro atoms. The minimum Gasteiger partial charge on any atom is -0.396 e. The fraction of sp³-hybridized carbons (Fsp3) is 0.462. The van der Waals surface area contributed by atoms with Crippen molar-refractivity contribution in [1.29, 1.82) is 0 Å². The standard InChI is InChI=1S/C13H17N5O4/c14-10-9-7(11(15)21)4-18(12(9)17-5-16-10)13-8(20)3-6(22-13)1-2-19/h4-6,8,13,19-20H,1-3H2,(H2,15,21)(H2,14,16,17)/t6-,8-,13-/m1/s1. The third kappa shape index (κ3) is 2.28. The molecule has 1 aliphatic rings. The number of hydrogen-bond donors (Lipinski definition) is 4. The third-order valence-electron chi connectivity index (χ3n) is 3.79. The highest BCUT2D eigenvalue weighted by atomic mass is 16.5. The SMILES string of the molecule is NC(=O)c1cn([C@@H]2O[C@H](CCO)C[C@H]2O)c2ncnc(N)c12. The number of amides is 1. The number of anilines is 1. The molecule has 3 heterocycles. The van der Waals surface area contributed by atoms with Gasteiger partial charge in [-0.25, -0.2) is 9.97 Å². The molecule has 9 nitrogen and oxygen atoms in total. The van der Waals surface area contributed by atoms with Crippen molar-refractivity contribution >= 4 is 22.8 Å². The maximum absolute atomic E-state index is 11.6. The van der Waals surface area contributed by atoms with E-state index in [1.807, 2.05) is 0 Å². The number of nitrogens with two attached hydrogens (primary N) is 2. The summed E-state index contributed by atoms with van der Waals surface area (Å²) in [5, 5.41) is 19.5. The van der Waals surface area contributed by atoms with Crippen LogP contribution in [0.4, 0.5) is 5.82 Å². The summed E-state index contributed by atoms with van der Waals surface area (Å²) in [4.78, 5) is 19.6. The van der Waals surface area contributed by atoms with Crippen LogP contribution >= 0.6 is 0 Å². The van der Waals surface area contributed by atoms with Crippen LogP contribution in [0.5, 0.6) is 0 Å². The van der Waals surface area contributed by atoms with E-state index in [0.717, 1.165) is 0 Å². The molecule has 1 fully saturated rings. The Morgan fingerprint density at radius 2 is 2.27 bits per heavy atom. The van der Waals surface area contributed by atoms with Gasteiger partial charge in [-0.15, -0.1) is 0 Å². The molecule has 9 heteroatoms. The summed E-state index contributed by atoms with van der Waals surface area (Å²) >= 11 is 0. The molecule has 0 unspecified atom stereocenters. The second-order valence-electron chi connectivity index (χ2n) is 5.24. The lowest BCUT2D eigenvalue weighted by atomic mass is 10.1. The van der Waals surface area contributed by atoms with E-state index >= 15 is 0 Å². The van der Waals surface area contributed by atoms with Crippen molar-refractivity contribution in [3.63, 3.8) is 0 Å². The number of carbonyl (C=O) groups excluding carboxylic acids is 1. The monoisotopic (exact) mass is 307 g/mol. The second kappa shape index (κ2) is 5.52. The van der Waals surface area contributed by atoms with Crippen LogP contribution in [0.2, 0.25) is 0 Å². The number of ether oxygens (including phenoxy) is 1. The zero-order chi connectivity index (χ0) is 15.9. The largest absolute Gasteiger partial charge is 0.396 e. The fourth-order valence-corrected chi connectivity index (χ4v) is 2.80. The van der Waals surface area contributed by atoms with Crippen LogP contribution in [0.3, 0.4) is 0 Å². The molecule has 0 saturated carbocycles. The molecule has 6 N–H and O–H groups in total. The van der Waals surface area contributed by atoms with E-state index in [9.17, 15) is 9.90 Å². The number of primary amides is 1. The van der Waals surface area contributed by atoms with Crippen molar-refractivity contribution in [3.8, 4) is 0 Å². The summed E-state index contributed by atoms with van der Waals surface area (Å²) in [6.45, 7) is -0.0296. The first-order valence-electron chi connectivity index (χ1n) is 6.88. The molecule has 1 amide bonds. The Labute approximate surface area is 125 Å².